The lowest BCUT2D eigenvalue weighted by Gasteiger charge is -2.19. The molecular weight excluding hydrogens is 387 g/mol. The third-order valence-corrected chi connectivity index (χ3v) is 6.03. The molecule has 0 atom stereocenters. The maximum Gasteiger partial charge on any atom is 0.262 e. The minimum Gasteiger partial charge on any atom is -0.495 e. The first kappa shape index (κ1) is 21.6. The molecule has 0 fully saturated rings. The van der Waals surface area contributed by atoms with Gasteiger partial charge in [-0.1, -0.05) is 26.0 Å². The van der Waals surface area contributed by atoms with E-state index in [1.165, 1.54) is 47.8 Å². The number of methoxy groups -OCH3 is 1. The van der Waals surface area contributed by atoms with Crippen LogP contribution in [0.1, 0.15) is 13.8 Å². The van der Waals surface area contributed by atoms with Gasteiger partial charge in [0.2, 0.25) is 10.0 Å². The Morgan fingerprint density at radius 1 is 1.11 bits per heavy atom. The highest BCUT2D eigenvalue weighted by Crippen LogP contribution is 2.29. The van der Waals surface area contributed by atoms with Gasteiger partial charge in [0, 0.05) is 13.1 Å². The summed E-state index contributed by atoms with van der Waals surface area (Å²) < 4.78 is 50.6. The smallest absolute Gasteiger partial charge is 0.262 e. The lowest BCUT2D eigenvalue weighted by molar-refractivity contribution is -0.118. The number of amides is 1. The zero-order valence-corrected chi connectivity index (χ0v) is 16.8. The summed E-state index contributed by atoms with van der Waals surface area (Å²) >= 11 is 0. The van der Waals surface area contributed by atoms with Crippen molar-refractivity contribution in [2.45, 2.75) is 18.7 Å². The molecule has 0 aliphatic rings. The van der Waals surface area contributed by atoms with Crippen LogP contribution in [-0.2, 0) is 14.8 Å². The maximum absolute atomic E-state index is 13.6. The second-order valence-electron chi connectivity index (χ2n) is 5.72. The van der Waals surface area contributed by atoms with Crippen molar-refractivity contribution in [2.75, 3.05) is 32.1 Å². The Morgan fingerprint density at radius 2 is 1.79 bits per heavy atom. The predicted octanol–water partition coefficient (Wildman–Crippen LogP) is 2.88. The topological polar surface area (TPSA) is 84.9 Å². The van der Waals surface area contributed by atoms with Crippen LogP contribution in [0.5, 0.6) is 11.5 Å². The molecule has 1 N–H and O–H groups in total. The summed E-state index contributed by atoms with van der Waals surface area (Å²) in [5.41, 5.74) is 0.179. The number of carbonyl (C=O) groups excluding carboxylic acids is 1. The zero-order valence-electron chi connectivity index (χ0n) is 15.9. The molecule has 0 spiro atoms. The lowest BCUT2D eigenvalue weighted by Crippen LogP contribution is -2.30. The first-order valence-corrected chi connectivity index (χ1v) is 10.1. The third-order valence-electron chi connectivity index (χ3n) is 3.98. The number of nitrogens with zero attached hydrogens (tertiary/aromatic N) is 1. The van der Waals surface area contributed by atoms with Gasteiger partial charge in [0.05, 0.1) is 17.7 Å². The van der Waals surface area contributed by atoms with E-state index < -0.39 is 28.4 Å². The van der Waals surface area contributed by atoms with Gasteiger partial charge in [-0.05, 0) is 30.3 Å². The van der Waals surface area contributed by atoms with Crippen LogP contribution in [0, 0.1) is 5.82 Å². The number of ether oxygens (including phenoxy) is 2. The number of anilines is 1. The van der Waals surface area contributed by atoms with E-state index in [1.54, 1.807) is 19.9 Å². The van der Waals surface area contributed by atoms with Crippen molar-refractivity contribution in [2.24, 2.45) is 0 Å². The van der Waals surface area contributed by atoms with E-state index in [-0.39, 0.29) is 22.1 Å². The average molecular weight is 410 g/mol. The molecule has 0 radical (unpaired) electrons. The van der Waals surface area contributed by atoms with Crippen LogP contribution in [0.4, 0.5) is 10.1 Å². The van der Waals surface area contributed by atoms with Crippen LogP contribution in [-0.4, -0.2) is 45.4 Å². The van der Waals surface area contributed by atoms with Gasteiger partial charge in [-0.25, -0.2) is 12.8 Å². The predicted molar refractivity (Wildman–Crippen MR) is 104 cm³/mol. The van der Waals surface area contributed by atoms with E-state index in [9.17, 15) is 17.6 Å². The SMILES string of the molecule is CCN(CC)S(=O)(=O)c1ccc(OC)c(NC(=O)COc2ccccc2F)c1. The number of hydrogen-bond acceptors (Lipinski definition) is 5. The van der Waals surface area contributed by atoms with Crippen molar-refractivity contribution in [1.82, 2.24) is 4.31 Å². The fraction of sp³-hybridized carbons (Fsp3) is 0.316. The molecule has 9 heteroatoms. The van der Waals surface area contributed by atoms with Crippen LogP contribution >= 0.6 is 0 Å². The maximum atomic E-state index is 13.6. The van der Waals surface area contributed by atoms with Gasteiger partial charge in [0.15, 0.2) is 18.2 Å². The van der Waals surface area contributed by atoms with E-state index in [0.29, 0.717) is 13.1 Å². The number of sulfonamides is 1. The molecule has 152 valence electrons. The standard InChI is InChI=1S/C19H23FN2O5S/c1-4-22(5-2)28(24,25)14-10-11-18(26-3)16(12-14)21-19(23)13-27-17-9-7-6-8-15(17)20/h6-12H,4-5,13H2,1-3H3,(H,21,23). The molecule has 0 saturated carbocycles. The second kappa shape index (κ2) is 9.52. The van der Waals surface area contributed by atoms with Crippen LogP contribution in [0.2, 0.25) is 0 Å². The Morgan fingerprint density at radius 3 is 2.39 bits per heavy atom. The minimum atomic E-state index is -3.70. The Hall–Kier alpha value is -2.65. The molecule has 1 amide bonds. The van der Waals surface area contributed by atoms with Crippen molar-refractivity contribution >= 4 is 21.6 Å². The largest absolute Gasteiger partial charge is 0.495 e. The Bertz CT molecular complexity index is 930. The number of carbonyl (C=O) groups is 1. The highest BCUT2D eigenvalue weighted by atomic mass is 32.2. The van der Waals surface area contributed by atoms with Crippen LogP contribution in [0.15, 0.2) is 47.4 Å². The Balaban J connectivity index is 2.20. The third kappa shape index (κ3) is 4.99. The highest BCUT2D eigenvalue weighted by Gasteiger charge is 2.23. The summed E-state index contributed by atoms with van der Waals surface area (Å²) in [6, 6.07) is 9.92. The number of para-hydroxylation sites is 1. The number of benzene rings is 2. The van der Waals surface area contributed by atoms with Gasteiger partial charge >= 0.3 is 0 Å². The van der Waals surface area contributed by atoms with Crippen LogP contribution < -0.4 is 14.8 Å². The fourth-order valence-corrected chi connectivity index (χ4v) is 4.03. The summed E-state index contributed by atoms with van der Waals surface area (Å²) in [5.74, 6) is -0.931. The Kier molecular flexibility index (Phi) is 7.36. The van der Waals surface area contributed by atoms with E-state index in [4.69, 9.17) is 9.47 Å². The summed E-state index contributed by atoms with van der Waals surface area (Å²) in [6.07, 6.45) is 0. The molecule has 0 unspecified atom stereocenters. The van der Waals surface area contributed by atoms with Crippen molar-refractivity contribution < 1.29 is 27.1 Å². The van der Waals surface area contributed by atoms with Gasteiger partial charge in [-0.15, -0.1) is 0 Å². The molecule has 2 rings (SSSR count). The molecule has 2 aromatic carbocycles. The quantitative estimate of drug-likeness (QED) is 0.687. The highest BCUT2D eigenvalue weighted by molar-refractivity contribution is 7.89. The summed E-state index contributed by atoms with van der Waals surface area (Å²) in [7, 11) is -2.30. The van der Waals surface area contributed by atoms with Gasteiger partial charge in [0.25, 0.3) is 5.91 Å². The molecule has 0 heterocycles. The number of halogens is 1. The van der Waals surface area contributed by atoms with E-state index in [0.717, 1.165) is 0 Å². The van der Waals surface area contributed by atoms with E-state index in [2.05, 4.69) is 5.32 Å². The molecule has 0 saturated heterocycles. The average Bonchev–Trinajstić information content (AvgIpc) is 2.68. The fourth-order valence-electron chi connectivity index (χ4n) is 2.55. The first-order valence-electron chi connectivity index (χ1n) is 8.68. The number of nitrogens with one attached hydrogen (secondary N) is 1. The molecule has 7 nitrogen and oxygen atoms in total. The van der Waals surface area contributed by atoms with Gasteiger partial charge in [-0.3, -0.25) is 4.79 Å². The van der Waals surface area contributed by atoms with Crippen LogP contribution in [0.25, 0.3) is 0 Å². The summed E-state index contributed by atoms with van der Waals surface area (Å²) in [6.45, 7) is 3.68. The monoisotopic (exact) mass is 410 g/mol. The Labute approximate surface area is 164 Å². The molecule has 28 heavy (non-hydrogen) atoms. The van der Waals surface area contributed by atoms with Crippen molar-refractivity contribution in [1.29, 1.82) is 0 Å². The van der Waals surface area contributed by atoms with Gasteiger partial charge < -0.3 is 14.8 Å². The van der Waals surface area contributed by atoms with E-state index in [1.807, 2.05) is 0 Å². The minimum absolute atomic E-state index is 0.0299. The van der Waals surface area contributed by atoms with Crippen molar-refractivity contribution in [3.63, 3.8) is 0 Å². The lowest BCUT2D eigenvalue weighted by atomic mass is 10.3. The second-order valence-corrected chi connectivity index (χ2v) is 7.66. The zero-order chi connectivity index (χ0) is 20.7. The first-order chi connectivity index (χ1) is 13.3. The molecule has 2 aromatic rings. The normalized spacial score (nSPS) is 11.3. The molecule has 0 aromatic heterocycles. The molecule has 0 aliphatic heterocycles. The summed E-state index contributed by atoms with van der Waals surface area (Å²) in [5, 5.41) is 2.54. The molecule has 0 aliphatic carbocycles. The van der Waals surface area contributed by atoms with Crippen molar-refractivity contribution in [3.05, 3.63) is 48.3 Å². The number of hydrogen-bond donors (Lipinski definition) is 1. The van der Waals surface area contributed by atoms with E-state index >= 15 is 0 Å². The van der Waals surface area contributed by atoms with Gasteiger partial charge in [0.1, 0.15) is 5.75 Å². The molecular formula is C19H23FN2O5S. The number of rotatable bonds is 9. The van der Waals surface area contributed by atoms with Crippen molar-refractivity contribution in [3.8, 4) is 11.5 Å². The molecule has 0 bridgehead atoms. The van der Waals surface area contributed by atoms with Gasteiger partial charge in [-0.2, -0.15) is 4.31 Å². The summed E-state index contributed by atoms with van der Waals surface area (Å²) in [4.78, 5) is 12.2. The van der Waals surface area contributed by atoms with Crippen LogP contribution in [0.3, 0.4) is 0 Å².